The van der Waals surface area contributed by atoms with Crippen LogP contribution in [0.4, 0.5) is 11.4 Å². The number of primary amides is 1. The molecular formula is C12H19N3O2. The molecule has 5 N–H and O–H groups in total. The molecule has 0 aromatic heterocycles. The minimum atomic E-state index is -0.556. The number of carbonyl (C=O) groups excluding carboxylic acids is 1. The number of aliphatic hydroxyl groups is 1. The number of nitrogen functional groups attached to an aromatic ring is 1. The van der Waals surface area contributed by atoms with Gasteiger partial charge in [-0.05, 0) is 32.0 Å². The number of hydrogen-bond acceptors (Lipinski definition) is 4. The molecule has 0 radical (unpaired) electrons. The van der Waals surface area contributed by atoms with Gasteiger partial charge in [0.05, 0.1) is 17.7 Å². The smallest absolute Gasteiger partial charge is 0.250 e. The number of nitrogens with zero attached hydrogens (tertiary/aromatic N) is 1. The number of nitrogens with two attached hydrogens (primary N) is 2. The van der Waals surface area contributed by atoms with Crippen LogP contribution < -0.4 is 16.4 Å². The third kappa shape index (κ3) is 2.68. The summed E-state index contributed by atoms with van der Waals surface area (Å²) in [5, 5.41) is 9.30. The van der Waals surface area contributed by atoms with Gasteiger partial charge in [0.25, 0.3) is 5.91 Å². The van der Waals surface area contributed by atoms with Crippen molar-refractivity contribution in [3.05, 3.63) is 23.8 Å². The molecule has 1 aromatic carbocycles. The van der Waals surface area contributed by atoms with Crippen molar-refractivity contribution in [2.24, 2.45) is 5.73 Å². The molecule has 0 saturated carbocycles. The molecule has 0 bridgehead atoms. The van der Waals surface area contributed by atoms with Gasteiger partial charge in [0, 0.05) is 18.4 Å². The molecule has 0 aliphatic heterocycles. The summed E-state index contributed by atoms with van der Waals surface area (Å²) in [6.45, 7) is 3.79. The summed E-state index contributed by atoms with van der Waals surface area (Å²) >= 11 is 0. The van der Waals surface area contributed by atoms with Crippen molar-refractivity contribution in [3.8, 4) is 0 Å². The van der Waals surface area contributed by atoms with Crippen molar-refractivity contribution in [1.29, 1.82) is 0 Å². The normalized spacial score (nSPS) is 11.3. The van der Waals surface area contributed by atoms with Crippen LogP contribution in [-0.4, -0.2) is 30.2 Å². The molecule has 0 heterocycles. The number of benzene rings is 1. The van der Waals surface area contributed by atoms with Crippen LogP contribution in [0, 0.1) is 0 Å². The van der Waals surface area contributed by atoms with Crippen LogP contribution in [0.1, 0.15) is 24.2 Å². The van der Waals surface area contributed by atoms with Crippen LogP contribution in [0.3, 0.4) is 0 Å². The Morgan fingerprint density at radius 3 is 2.53 bits per heavy atom. The number of rotatable bonds is 4. The van der Waals surface area contributed by atoms with Gasteiger partial charge in [-0.25, -0.2) is 0 Å². The van der Waals surface area contributed by atoms with Crippen LogP contribution in [0.5, 0.6) is 0 Å². The van der Waals surface area contributed by atoms with E-state index in [2.05, 4.69) is 0 Å². The Balaban J connectivity index is 3.16. The van der Waals surface area contributed by atoms with E-state index in [1.807, 2.05) is 25.8 Å². The number of hydrogen-bond donors (Lipinski definition) is 3. The molecule has 0 spiro atoms. The Kier molecular flexibility index (Phi) is 3.63. The number of anilines is 2. The van der Waals surface area contributed by atoms with Crippen molar-refractivity contribution in [2.45, 2.75) is 19.4 Å². The molecule has 17 heavy (non-hydrogen) atoms. The maximum Gasteiger partial charge on any atom is 0.250 e. The molecule has 0 fully saturated rings. The fraction of sp³-hybridized carbons (Fsp3) is 0.417. The van der Waals surface area contributed by atoms with Gasteiger partial charge in [0.1, 0.15) is 0 Å². The molecule has 1 amide bonds. The van der Waals surface area contributed by atoms with Gasteiger partial charge < -0.3 is 21.5 Å². The van der Waals surface area contributed by atoms with E-state index in [-0.39, 0.29) is 6.61 Å². The summed E-state index contributed by atoms with van der Waals surface area (Å²) in [6, 6.07) is 5.06. The van der Waals surface area contributed by atoms with Gasteiger partial charge >= 0.3 is 0 Å². The van der Waals surface area contributed by atoms with Gasteiger partial charge in [0.15, 0.2) is 0 Å². The topological polar surface area (TPSA) is 92.6 Å². The fourth-order valence-corrected chi connectivity index (χ4v) is 1.42. The zero-order valence-electron chi connectivity index (χ0n) is 10.4. The van der Waals surface area contributed by atoms with Crippen molar-refractivity contribution in [3.63, 3.8) is 0 Å². The second-order valence-corrected chi connectivity index (χ2v) is 4.67. The van der Waals surface area contributed by atoms with Crippen LogP contribution in [0.2, 0.25) is 0 Å². The average Bonchev–Trinajstić information content (AvgIpc) is 2.28. The van der Waals surface area contributed by atoms with Crippen LogP contribution in [0.15, 0.2) is 18.2 Å². The SMILES string of the molecule is CN(c1ccc(N)c(C(N)=O)c1)C(C)(C)CO. The Hall–Kier alpha value is -1.75. The van der Waals surface area contributed by atoms with E-state index in [4.69, 9.17) is 11.5 Å². The molecule has 94 valence electrons. The van der Waals surface area contributed by atoms with E-state index in [1.54, 1.807) is 18.2 Å². The highest BCUT2D eigenvalue weighted by Crippen LogP contribution is 2.25. The molecule has 5 nitrogen and oxygen atoms in total. The molecule has 1 rings (SSSR count). The van der Waals surface area contributed by atoms with Crippen molar-refractivity contribution in [2.75, 3.05) is 24.3 Å². The summed E-state index contributed by atoms with van der Waals surface area (Å²) in [5.74, 6) is -0.556. The molecule has 0 unspecified atom stereocenters. The highest BCUT2D eigenvalue weighted by Gasteiger charge is 2.23. The summed E-state index contributed by atoms with van der Waals surface area (Å²) < 4.78 is 0. The largest absolute Gasteiger partial charge is 0.398 e. The minimum absolute atomic E-state index is 0.000217. The number of likely N-dealkylation sites (N-methyl/N-ethyl adjacent to an activating group) is 1. The molecular weight excluding hydrogens is 218 g/mol. The maximum absolute atomic E-state index is 11.2. The summed E-state index contributed by atoms with van der Waals surface area (Å²) in [5.41, 5.74) is 11.9. The van der Waals surface area contributed by atoms with E-state index in [0.717, 1.165) is 5.69 Å². The standard InChI is InChI=1S/C12H19N3O2/c1-12(2,7-16)15(3)8-4-5-10(13)9(6-8)11(14)17/h4-6,16H,7,13H2,1-3H3,(H2,14,17). The molecule has 0 saturated heterocycles. The quantitative estimate of drug-likeness (QED) is 0.668. The molecule has 0 aliphatic carbocycles. The second kappa shape index (κ2) is 4.63. The minimum Gasteiger partial charge on any atom is -0.398 e. The highest BCUT2D eigenvalue weighted by molar-refractivity contribution is 5.99. The first kappa shape index (κ1) is 13.3. The Morgan fingerprint density at radius 1 is 1.47 bits per heavy atom. The Labute approximate surface area is 101 Å². The van der Waals surface area contributed by atoms with E-state index < -0.39 is 11.4 Å². The van der Waals surface area contributed by atoms with Crippen LogP contribution in [-0.2, 0) is 0 Å². The predicted molar refractivity (Wildman–Crippen MR) is 68.9 cm³/mol. The van der Waals surface area contributed by atoms with Crippen molar-refractivity contribution < 1.29 is 9.90 Å². The van der Waals surface area contributed by atoms with E-state index >= 15 is 0 Å². The molecule has 5 heteroatoms. The van der Waals surface area contributed by atoms with E-state index in [0.29, 0.717) is 11.3 Å². The third-order valence-electron chi connectivity index (χ3n) is 2.98. The third-order valence-corrected chi connectivity index (χ3v) is 2.98. The average molecular weight is 237 g/mol. The summed E-state index contributed by atoms with van der Waals surface area (Å²) in [4.78, 5) is 13.1. The number of amides is 1. The second-order valence-electron chi connectivity index (χ2n) is 4.67. The Morgan fingerprint density at radius 2 is 2.06 bits per heavy atom. The van der Waals surface area contributed by atoms with E-state index in [1.165, 1.54) is 0 Å². The Bertz CT molecular complexity index is 430. The number of carbonyl (C=O) groups is 1. The first-order valence-corrected chi connectivity index (χ1v) is 5.33. The van der Waals surface area contributed by atoms with Crippen LogP contribution >= 0.6 is 0 Å². The zero-order chi connectivity index (χ0) is 13.2. The maximum atomic E-state index is 11.2. The highest BCUT2D eigenvalue weighted by atomic mass is 16.3. The van der Waals surface area contributed by atoms with Gasteiger partial charge in [-0.2, -0.15) is 0 Å². The lowest BCUT2D eigenvalue weighted by atomic mass is 10.0. The first-order chi connectivity index (χ1) is 7.79. The van der Waals surface area contributed by atoms with Gasteiger partial charge in [-0.3, -0.25) is 4.79 Å². The monoisotopic (exact) mass is 237 g/mol. The van der Waals surface area contributed by atoms with Gasteiger partial charge in [-0.1, -0.05) is 0 Å². The van der Waals surface area contributed by atoms with Crippen molar-refractivity contribution in [1.82, 2.24) is 0 Å². The predicted octanol–water partition coefficient (Wildman–Crippen LogP) is 0.575. The molecule has 0 atom stereocenters. The lowest BCUT2D eigenvalue weighted by Crippen LogP contribution is -2.44. The lowest BCUT2D eigenvalue weighted by molar-refractivity contribution is 0.100. The van der Waals surface area contributed by atoms with Crippen molar-refractivity contribution >= 4 is 17.3 Å². The first-order valence-electron chi connectivity index (χ1n) is 5.33. The van der Waals surface area contributed by atoms with Gasteiger partial charge in [-0.15, -0.1) is 0 Å². The number of aliphatic hydroxyl groups excluding tert-OH is 1. The van der Waals surface area contributed by atoms with E-state index in [9.17, 15) is 9.90 Å². The zero-order valence-corrected chi connectivity index (χ0v) is 10.4. The van der Waals surface area contributed by atoms with Crippen LogP contribution in [0.25, 0.3) is 0 Å². The summed E-state index contributed by atoms with van der Waals surface area (Å²) in [6.07, 6.45) is 0. The van der Waals surface area contributed by atoms with Gasteiger partial charge in [0.2, 0.25) is 0 Å². The summed E-state index contributed by atoms with van der Waals surface area (Å²) in [7, 11) is 1.84. The fourth-order valence-electron chi connectivity index (χ4n) is 1.42. The lowest BCUT2D eigenvalue weighted by Gasteiger charge is -2.36. The molecule has 0 aliphatic rings. The molecule has 1 aromatic rings.